The molecule has 0 unspecified atom stereocenters. The first-order valence-corrected chi connectivity index (χ1v) is 13.5. The van der Waals surface area contributed by atoms with E-state index in [1.807, 2.05) is 50.7 Å². The van der Waals surface area contributed by atoms with Gasteiger partial charge in [-0.15, -0.1) is 11.8 Å². The molecule has 0 aliphatic heterocycles. The second-order valence-electron chi connectivity index (χ2n) is 10.4. The molecule has 0 spiro atoms. The fourth-order valence-electron chi connectivity index (χ4n) is 4.81. The molecule has 2 atom stereocenters. The minimum atomic E-state index is -0.479. The smallest absolute Gasteiger partial charge is 0.255 e. The summed E-state index contributed by atoms with van der Waals surface area (Å²) in [5.74, 6) is 2.31. The summed E-state index contributed by atoms with van der Waals surface area (Å²) in [6.07, 6.45) is 15.5. The molecule has 3 aromatic heterocycles. The van der Waals surface area contributed by atoms with Crippen molar-refractivity contribution in [3.8, 4) is 5.69 Å². The Balaban J connectivity index is 1.34. The molecule has 0 aromatic carbocycles. The molecule has 1 fully saturated rings. The van der Waals surface area contributed by atoms with Gasteiger partial charge in [0.15, 0.2) is 0 Å². The number of hydrogen-bond acceptors (Lipinski definition) is 6. The van der Waals surface area contributed by atoms with Crippen LogP contribution in [0.4, 0.5) is 0 Å². The van der Waals surface area contributed by atoms with E-state index >= 15 is 0 Å². The van der Waals surface area contributed by atoms with Crippen LogP contribution in [0.25, 0.3) is 5.69 Å². The van der Waals surface area contributed by atoms with E-state index in [2.05, 4.69) is 15.0 Å². The van der Waals surface area contributed by atoms with Crippen LogP contribution in [-0.4, -0.2) is 31.6 Å². The summed E-state index contributed by atoms with van der Waals surface area (Å²) >= 11 is 1.66. The van der Waals surface area contributed by atoms with Crippen molar-refractivity contribution in [3.05, 3.63) is 76.5 Å². The molecule has 0 N–H and O–H groups in total. The largest absolute Gasteiger partial charge is 0.299 e. The van der Waals surface area contributed by atoms with Gasteiger partial charge in [-0.3, -0.25) is 19.1 Å². The van der Waals surface area contributed by atoms with Crippen LogP contribution >= 0.6 is 11.8 Å². The number of carbonyl (C=O) groups excluding carboxylic acids is 1. The fraction of sp³-hybridized carbons (Fsp3) is 0.464. The Hall–Kier alpha value is -2.80. The van der Waals surface area contributed by atoms with Gasteiger partial charge in [0.25, 0.3) is 5.56 Å². The highest BCUT2D eigenvalue weighted by Crippen LogP contribution is 2.34. The molecule has 1 aliphatic carbocycles. The van der Waals surface area contributed by atoms with Crippen LogP contribution < -0.4 is 5.56 Å². The summed E-state index contributed by atoms with van der Waals surface area (Å²) in [5, 5.41) is 0. The van der Waals surface area contributed by atoms with Crippen LogP contribution in [0.5, 0.6) is 0 Å². The molecule has 4 rings (SSSR count). The van der Waals surface area contributed by atoms with E-state index in [1.165, 1.54) is 19.3 Å². The molecule has 1 saturated carbocycles. The lowest BCUT2D eigenvalue weighted by Gasteiger charge is -2.21. The number of thioether (sulfide) groups is 1. The van der Waals surface area contributed by atoms with Crippen LogP contribution in [0.1, 0.15) is 57.1 Å². The predicted molar refractivity (Wildman–Crippen MR) is 140 cm³/mol. The highest BCUT2D eigenvalue weighted by Gasteiger charge is 2.26. The highest BCUT2D eigenvalue weighted by atomic mass is 32.2. The quantitative estimate of drug-likeness (QED) is 0.388. The average Bonchev–Trinajstić information content (AvgIpc) is 3.26. The Kier molecular flexibility index (Phi) is 7.85. The number of pyridine rings is 2. The number of rotatable bonds is 9. The molecule has 0 radical (unpaired) electrons. The Morgan fingerprint density at radius 2 is 1.77 bits per heavy atom. The van der Waals surface area contributed by atoms with E-state index in [-0.39, 0.29) is 11.3 Å². The van der Waals surface area contributed by atoms with Crippen molar-refractivity contribution >= 4 is 17.5 Å². The van der Waals surface area contributed by atoms with Crippen LogP contribution in [0.15, 0.2) is 58.7 Å². The standard InChI is InChI=1S/C28H34N4O2S/c1-19(33)28(2,3)15-22-9-10-32(27(34)14-22)24-8-7-23(29-16-24)12-20-5-6-21(11-20)13-26-30-17-25(35-4)18-31-26/h7-10,14,16-18,20-21H,5-6,11-13,15H2,1-4H3/t20-,21-/m0/s1. The normalized spacial score (nSPS) is 18.1. The van der Waals surface area contributed by atoms with E-state index < -0.39 is 5.41 Å². The van der Waals surface area contributed by atoms with Gasteiger partial charge in [-0.25, -0.2) is 9.97 Å². The van der Waals surface area contributed by atoms with Gasteiger partial charge in [0, 0.05) is 47.1 Å². The van der Waals surface area contributed by atoms with Gasteiger partial charge in [-0.1, -0.05) is 13.8 Å². The lowest BCUT2D eigenvalue weighted by Crippen LogP contribution is -2.25. The number of Topliss-reactive ketones (excluding diaryl/α,β-unsaturated/α-hetero) is 1. The molecule has 35 heavy (non-hydrogen) atoms. The van der Waals surface area contributed by atoms with Crippen molar-refractivity contribution in [2.75, 3.05) is 6.26 Å². The number of hydrogen-bond donors (Lipinski definition) is 0. The van der Waals surface area contributed by atoms with E-state index in [9.17, 15) is 9.59 Å². The molecular weight excluding hydrogens is 456 g/mol. The average molecular weight is 491 g/mol. The van der Waals surface area contributed by atoms with Crippen LogP contribution in [-0.2, 0) is 24.1 Å². The second-order valence-corrected chi connectivity index (χ2v) is 11.2. The minimum absolute atomic E-state index is 0.109. The number of nitrogens with zero attached hydrogens (tertiary/aromatic N) is 4. The molecule has 6 nitrogen and oxygen atoms in total. The molecule has 3 aromatic rings. The second kappa shape index (κ2) is 10.9. The van der Waals surface area contributed by atoms with Crippen LogP contribution in [0, 0.1) is 17.3 Å². The lowest BCUT2D eigenvalue weighted by atomic mass is 9.82. The SMILES string of the molecule is CSc1cnc(C[C@H]2CC[C@H](Cc3ccc(-n4ccc(CC(C)(C)C(C)=O)cc4=O)cn3)C2)nc1. The molecule has 3 heterocycles. The molecule has 7 heteroatoms. The molecular formula is C28H34N4O2S. The van der Waals surface area contributed by atoms with E-state index in [4.69, 9.17) is 0 Å². The summed E-state index contributed by atoms with van der Waals surface area (Å²) in [5.41, 5.74) is 2.10. The van der Waals surface area contributed by atoms with Gasteiger partial charge in [0.05, 0.1) is 11.9 Å². The van der Waals surface area contributed by atoms with Crippen molar-refractivity contribution in [2.45, 2.75) is 64.2 Å². The predicted octanol–water partition coefficient (Wildman–Crippen LogP) is 5.10. The summed E-state index contributed by atoms with van der Waals surface area (Å²) in [7, 11) is 0. The highest BCUT2D eigenvalue weighted by molar-refractivity contribution is 7.98. The van der Waals surface area contributed by atoms with Gasteiger partial charge >= 0.3 is 0 Å². The molecule has 0 bridgehead atoms. The minimum Gasteiger partial charge on any atom is -0.299 e. The third-order valence-corrected chi connectivity index (χ3v) is 7.89. The summed E-state index contributed by atoms with van der Waals surface area (Å²) in [6.45, 7) is 5.42. The maximum Gasteiger partial charge on any atom is 0.255 e. The van der Waals surface area contributed by atoms with Gasteiger partial charge in [-0.2, -0.15) is 0 Å². The van der Waals surface area contributed by atoms with Crippen LogP contribution in [0.3, 0.4) is 0 Å². The van der Waals surface area contributed by atoms with E-state index in [0.29, 0.717) is 18.3 Å². The van der Waals surface area contributed by atoms with Gasteiger partial charge in [-0.05, 0) is 80.9 Å². The molecule has 184 valence electrons. The van der Waals surface area contributed by atoms with E-state index in [0.717, 1.165) is 40.5 Å². The van der Waals surface area contributed by atoms with Gasteiger partial charge < -0.3 is 0 Å². The third-order valence-electron chi connectivity index (χ3n) is 7.21. The van der Waals surface area contributed by atoms with Crippen LogP contribution in [0.2, 0.25) is 0 Å². The van der Waals surface area contributed by atoms with Crippen molar-refractivity contribution in [1.29, 1.82) is 0 Å². The molecule has 1 aliphatic rings. The number of carbonyl (C=O) groups is 1. The maximum atomic E-state index is 12.7. The third kappa shape index (κ3) is 6.45. The Labute approximate surface area is 211 Å². The first kappa shape index (κ1) is 25.3. The zero-order valence-electron chi connectivity index (χ0n) is 21.0. The summed E-state index contributed by atoms with van der Waals surface area (Å²) in [4.78, 5) is 39.3. The first-order valence-electron chi connectivity index (χ1n) is 12.3. The summed E-state index contributed by atoms with van der Waals surface area (Å²) in [6, 6.07) is 7.54. The lowest BCUT2D eigenvalue weighted by molar-refractivity contribution is -0.124. The van der Waals surface area contributed by atoms with Crippen molar-refractivity contribution < 1.29 is 4.79 Å². The summed E-state index contributed by atoms with van der Waals surface area (Å²) < 4.78 is 1.61. The Morgan fingerprint density at radius 1 is 1.06 bits per heavy atom. The van der Waals surface area contributed by atoms with Crippen molar-refractivity contribution in [1.82, 2.24) is 19.5 Å². The van der Waals surface area contributed by atoms with Crippen molar-refractivity contribution in [2.24, 2.45) is 17.3 Å². The number of ketones is 1. The molecule has 0 saturated heterocycles. The first-order chi connectivity index (χ1) is 16.7. The molecule has 0 amide bonds. The number of aromatic nitrogens is 4. The zero-order chi connectivity index (χ0) is 25.0. The fourth-order valence-corrected chi connectivity index (χ4v) is 5.13. The van der Waals surface area contributed by atoms with Gasteiger partial charge in [0.2, 0.25) is 0 Å². The Bertz CT molecular complexity index is 1220. The van der Waals surface area contributed by atoms with Crippen molar-refractivity contribution in [3.63, 3.8) is 0 Å². The topological polar surface area (TPSA) is 77.7 Å². The monoisotopic (exact) mass is 490 g/mol. The zero-order valence-corrected chi connectivity index (χ0v) is 21.8. The van der Waals surface area contributed by atoms with E-state index in [1.54, 1.807) is 41.7 Å². The van der Waals surface area contributed by atoms with Gasteiger partial charge in [0.1, 0.15) is 11.6 Å². The maximum absolute atomic E-state index is 12.7. The Morgan fingerprint density at radius 3 is 2.37 bits per heavy atom.